The van der Waals surface area contributed by atoms with Crippen LogP contribution in [0.4, 0.5) is 34.1 Å². The van der Waals surface area contributed by atoms with Crippen LogP contribution in [0.25, 0.3) is 144 Å². The van der Waals surface area contributed by atoms with Crippen molar-refractivity contribution in [2.75, 3.05) is 9.80 Å². The van der Waals surface area contributed by atoms with Crippen molar-refractivity contribution >= 4 is 155 Å². The van der Waals surface area contributed by atoms with Gasteiger partial charge in [0, 0.05) is 87.6 Å². The van der Waals surface area contributed by atoms with Crippen molar-refractivity contribution in [1.82, 2.24) is 8.80 Å². The minimum atomic E-state index is 0.751. The van der Waals surface area contributed by atoms with Gasteiger partial charge in [0.15, 0.2) is 11.2 Å². The highest BCUT2D eigenvalue weighted by Crippen LogP contribution is 2.50. The fraction of sp³-hybridized carbons (Fsp3) is 0.0127. The quantitative estimate of drug-likeness (QED) is 0.137. The Morgan fingerprint density at radius 1 is 0.341 bits per heavy atom. The number of fused-ring (bicyclic) bond motifs is 16. The topological polar surface area (TPSA) is 41.6 Å². The van der Waals surface area contributed by atoms with Crippen LogP contribution in [-0.4, -0.2) is 8.80 Å². The van der Waals surface area contributed by atoms with E-state index in [2.05, 4.69) is 286 Å². The SMILES string of the molecule is C=Cc1oc2c(N(c3cccc(-c4ccccc4)c3)c3ccc4c(c3)c3cccc5c6cc7c(cc6n4c35)c3cccc4c5cc(N(c6cccc(-c8ccccc8)c6)c6cccc8c6oc6ccccc68)ccc5n7c43)cccc2c1/C=C\C. The summed E-state index contributed by atoms with van der Waals surface area (Å²) < 4.78 is 18.6. The molecule has 12 aromatic carbocycles. The summed E-state index contributed by atoms with van der Waals surface area (Å²) in [5.74, 6) is 0.751. The number of hydrogen-bond donors (Lipinski definition) is 0. The van der Waals surface area contributed by atoms with Gasteiger partial charge in [-0.3, -0.25) is 0 Å². The minimum Gasteiger partial charge on any atom is -0.454 e. The molecule has 6 heterocycles. The lowest BCUT2D eigenvalue weighted by Gasteiger charge is -2.26. The van der Waals surface area contributed by atoms with E-state index in [0.717, 1.165) is 101 Å². The molecule has 0 aliphatic heterocycles. The van der Waals surface area contributed by atoms with E-state index in [1.807, 2.05) is 19.1 Å². The van der Waals surface area contributed by atoms with Gasteiger partial charge in [0.05, 0.1) is 44.5 Å². The maximum Gasteiger partial charge on any atom is 0.159 e. The molecular formula is C79H50N4O2. The van der Waals surface area contributed by atoms with Gasteiger partial charge in [-0.2, -0.15) is 0 Å². The molecule has 0 radical (unpaired) electrons. The van der Waals surface area contributed by atoms with Gasteiger partial charge in [0.2, 0.25) is 0 Å². The number of nitrogens with zero attached hydrogens (tertiary/aromatic N) is 4. The molecule has 0 bridgehead atoms. The molecule has 0 aliphatic rings. The fourth-order valence-electron chi connectivity index (χ4n) is 14.2. The predicted molar refractivity (Wildman–Crippen MR) is 358 cm³/mol. The van der Waals surface area contributed by atoms with Crippen molar-refractivity contribution in [3.63, 3.8) is 0 Å². The molecule has 18 rings (SSSR count). The van der Waals surface area contributed by atoms with Crippen molar-refractivity contribution in [2.45, 2.75) is 6.92 Å². The van der Waals surface area contributed by atoms with Gasteiger partial charge in [-0.1, -0.05) is 183 Å². The lowest BCUT2D eigenvalue weighted by atomic mass is 10.0. The molecular weight excluding hydrogens is 1040 g/mol. The average Bonchev–Trinajstić information content (AvgIpc) is 1.57. The number of anilines is 6. The molecule has 6 aromatic heterocycles. The molecule has 0 unspecified atom stereocenters. The number of para-hydroxylation sites is 5. The third kappa shape index (κ3) is 6.82. The van der Waals surface area contributed by atoms with Crippen LogP contribution < -0.4 is 9.80 Å². The lowest BCUT2D eigenvalue weighted by Crippen LogP contribution is -2.10. The smallest absolute Gasteiger partial charge is 0.159 e. The van der Waals surface area contributed by atoms with Crippen molar-refractivity contribution in [2.24, 2.45) is 0 Å². The summed E-state index contributed by atoms with van der Waals surface area (Å²) in [6.07, 6.45) is 5.98. The molecule has 85 heavy (non-hydrogen) atoms. The predicted octanol–water partition coefficient (Wildman–Crippen LogP) is 22.6. The van der Waals surface area contributed by atoms with Crippen LogP contribution >= 0.6 is 0 Å². The zero-order valence-corrected chi connectivity index (χ0v) is 46.3. The highest BCUT2D eigenvalue weighted by molar-refractivity contribution is 6.29. The first-order chi connectivity index (χ1) is 42.1. The molecule has 0 aliphatic carbocycles. The van der Waals surface area contributed by atoms with E-state index in [0.29, 0.717) is 0 Å². The van der Waals surface area contributed by atoms with Gasteiger partial charge in [-0.25, -0.2) is 0 Å². The molecule has 0 atom stereocenters. The van der Waals surface area contributed by atoms with Crippen LogP contribution in [0.1, 0.15) is 18.2 Å². The first-order valence-electron chi connectivity index (χ1n) is 29.0. The van der Waals surface area contributed by atoms with Crippen LogP contribution in [-0.2, 0) is 0 Å². The molecule has 18 aromatic rings. The van der Waals surface area contributed by atoms with E-state index in [9.17, 15) is 0 Å². The van der Waals surface area contributed by atoms with Gasteiger partial charge in [0.25, 0.3) is 0 Å². The molecule has 398 valence electrons. The van der Waals surface area contributed by atoms with E-state index >= 15 is 0 Å². The minimum absolute atomic E-state index is 0.751. The summed E-state index contributed by atoms with van der Waals surface area (Å²) in [6, 6.07) is 92.7. The largest absolute Gasteiger partial charge is 0.454 e. The summed E-state index contributed by atoms with van der Waals surface area (Å²) in [4.78, 5) is 4.73. The normalized spacial score (nSPS) is 12.3. The second-order valence-corrected chi connectivity index (χ2v) is 22.4. The summed E-state index contributed by atoms with van der Waals surface area (Å²) in [7, 11) is 0. The summed E-state index contributed by atoms with van der Waals surface area (Å²) in [6.45, 7) is 6.18. The zero-order valence-electron chi connectivity index (χ0n) is 46.3. The zero-order chi connectivity index (χ0) is 56.0. The molecule has 0 fully saturated rings. The van der Waals surface area contributed by atoms with E-state index in [4.69, 9.17) is 8.83 Å². The van der Waals surface area contributed by atoms with Gasteiger partial charge in [0.1, 0.15) is 11.3 Å². The molecule has 0 N–H and O–H groups in total. The Kier molecular flexibility index (Phi) is 10.1. The summed E-state index contributed by atoms with van der Waals surface area (Å²) in [5.41, 5.74) is 21.4. The van der Waals surface area contributed by atoms with E-state index < -0.39 is 0 Å². The number of hydrogen-bond acceptors (Lipinski definition) is 4. The van der Waals surface area contributed by atoms with Gasteiger partial charge >= 0.3 is 0 Å². The molecule has 0 saturated carbocycles. The summed E-state index contributed by atoms with van der Waals surface area (Å²) in [5, 5.41) is 13.0. The Hall–Kier alpha value is -11.3. The molecule has 6 nitrogen and oxygen atoms in total. The van der Waals surface area contributed by atoms with Crippen LogP contribution in [0.15, 0.2) is 276 Å². The Labute approximate surface area is 488 Å². The van der Waals surface area contributed by atoms with E-state index in [1.54, 1.807) is 0 Å². The average molecular weight is 1090 g/mol. The Morgan fingerprint density at radius 2 is 0.765 bits per heavy atom. The van der Waals surface area contributed by atoms with Crippen molar-refractivity contribution in [1.29, 1.82) is 0 Å². The molecule has 0 saturated heterocycles. The first-order valence-corrected chi connectivity index (χ1v) is 29.0. The van der Waals surface area contributed by atoms with Gasteiger partial charge in [-0.05, 0) is 126 Å². The standard InChI is InChI=1S/C79H50N4O2/c1-3-19-56-62-33-17-35-70(78(62)84-74(56)4-2)80(52-26-13-24-50(42-52)48-20-7-5-8-21-48)54-38-40-68-64(44-54)58-29-15-31-60-66-47-73-67(46-72(66)82(68)76(58)60)61-32-16-30-59-65-45-55(39-41-69(65)83(73)77(59)61)81(53-27-14-25-51(43-53)49-22-9-6-10-23-49)71-36-18-34-63-57-28-11-12-37-75(57)85-79(63)71/h3-47H,2H2,1H3/b19-3-. The van der Waals surface area contributed by atoms with E-state index in [-0.39, 0.29) is 0 Å². The number of allylic oxidation sites excluding steroid dienone is 1. The second kappa shape index (κ2) is 18.1. The fourth-order valence-corrected chi connectivity index (χ4v) is 14.2. The van der Waals surface area contributed by atoms with Crippen LogP contribution in [0.5, 0.6) is 0 Å². The van der Waals surface area contributed by atoms with Crippen LogP contribution in [0.2, 0.25) is 0 Å². The lowest BCUT2D eigenvalue weighted by molar-refractivity contribution is 0.604. The van der Waals surface area contributed by atoms with Crippen molar-refractivity contribution < 1.29 is 8.83 Å². The highest BCUT2D eigenvalue weighted by atomic mass is 16.3. The third-order valence-electron chi connectivity index (χ3n) is 17.8. The molecule has 6 heteroatoms. The Morgan fingerprint density at radius 3 is 1.29 bits per heavy atom. The monoisotopic (exact) mass is 1090 g/mol. The maximum absolute atomic E-state index is 6.78. The molecule has 0 spiro atoms. The second-order valence-electron chi connectivity index (χ2n) is 22.4. The Balaban J connectivity index is 0.821. The number of aromatic nitrogens is 2. The third-order valence-corrected chi connectivity index (χ3v) is 17.8. The van der Waals surface area contributed by atoms with Gasteiger partial charge in [-0.15, -0.1) is 0 Å². The molecule has 0 amide bonds. The first kappa shape index (κ1) is 47.3. The van der Waals surface area contributed by atoms with Crippen LogP contribution in [0, 0.1) is 0 Å². The van der Waals surface area contributed by atoms with E-state index in [1.165, 1.54) is 76.2 Å². The number of benzene rings is 12. The van der Waals surface area contributed by atoms with Crippen LogP contribution in [0.3, 0.4) is 0 Å². The number of rotatable bonds is 10. The van der Waals surface area contributed by atoms with Crippen molar-refractivity contribution in [3.8, 4) is 22.3 Å². The highest BCUT2D eigenvalue weighted by Gasteiger charge is 2.27. The number of furan rings is 2. The maximum atomic E-state index is 6.78. The summed E-state index contributed by atoms with van der Waals surface area (Å²) >= 11 is 0. The van der Waals surface area contributed by atoms with Gasteiger partial charge < -0.3 is 27.4 Å². The van der Waals surface area contributed by atoms with Crippen molar-refractivity contribution in [3.05, 3.63) is 279 Å². The Bertz CT molecular complexity index is 5780.